The number of anilines is 1. The Morgan fingerprint density at radius 2 is 1.77 bits per heavy atom. The summed E-state index contributed by atoms with van der Waals surface area (Å²) in [7, 11) is -1.98. The third kappa shape index (κ3) is 3.80. The molecule has 26 heavy (non-hydrogen) atoms. The number of hydrogen-bond donors (Lipinski definition) is 1. The van der Waals surface area contributed by atoms with Gasteiger partial charge >= 0.3 is 0 Å². The topological polar surface area (TPSA) is 77.9 Å². The highest BCUT2D eigenvalue weighted by Gasteiger charge is 2.29. The number of aliphatic hydroxyl groups is 1. The molecule has 0 spiro atoms. The van der Waals surface area contributed by atoms with Crippen molar-refractivity contribution in [3.05, 3.63) is 60.2 Å². The first-order valence-corrected chi connectivity index (χ1v) is 9.95. The number of nitrogens with zero attached hydrogens (tertiary/aromatic N) is 2. The summed E-state index contributed by atoms with van der Waals surface area (Å²) >= 11 is 0. The summed E-state index contributed by atoms with van der Waals surface area (Å²) in [5.74, 6) is -0.214. The predicted molar refractivity (Wildman–Crippen MR) is 99.6 cm³/mol. The van der Waals surface area contributed by atoms with Crippen molar-refractivity contribution in [1.29, 1.82) is 0 Å². The molecule has 1 aliphatic heterocycles. The van der Waals surface area contributed by atoms with Crippen molar-refractivity contribution >= 4 is 21.6 Å². The Kier molecular flexibility index (Phi) is 5.41. The van der Waals surface area contributed by atoms with Gasteiger partial charge in [-0.25, -0.2) is 8.42 Å². The van der Waals surface area contributed by atoms with Crippen LogP contribution in [0.4, 0.5) is 5.69 Å². The van der Waals surface area contributed by atoms with Gasteiger partial charge in [-0.2, -0.15) is 4.31 Å². The van der Waals surface area contributed by atoms with Gasteiger partial charge in [0, 0.05) is 31.4 Å². The Labute approximate surface area is 153 Å². The highest BCUT2D eigenvalue weighted by molar-refractivity contribution is 7.89. The van der Waals surface area contributed by atoms with Crippen LogP contribution < -0.4 is 4.90 Å². The second-order valence-corrected chi connectivity index (χ2v) is 8.32. The third-order valence-corrected chi connectivity index (χ3v) is 6.43. The molecule has 138 valence electrons. The number of para-hydroxylation sites is 1. The summed E-state index contributed by atoms with van der Waals surface area (Å²) in [6.07, 6.45) is 0.628. The molecule has 1 N–H and O–H groups in total. The van der Waals surface area contributed by atoms with Crippen LogP contribution in [0.1, 0.15) is 23.2 Å². The molecule has 1 amide bonds. The Morgan fingerprint density at radius 3 is 2.38 bits per heavy atom. The van der Waals surface area contributed by atoms with Gasteiger partial charge < -0.3 is 10.0 Å². The molecule has 1 heterocycles. The van der Waals surface area contributed by atoms with Gasteiger partial charge in [0.25, 0.3) is 5.91 Å². The Balaban J connectivity index is 1.79. The summed E-state index contributed by atoms with van der Waals surface area (Å²) < 4.78 is 26.7. The van der Waals surface area contributed by atoms with Gasteiger partial charge in [-0.05, 0) is 49.2 Å². The number of β-amino-alcohol motifs (C(OH)–C–C–N with tert-alkyl or cyclic N) is 1. The Morgan fingerprint density at radius 1 is 1.12 bits per heavy atom. The molecule has 1 atom stereocenters. The van der Waals surface area contributed by atoms with E-state index in [1.54, 1.807) is 7.05 Å². The second kappa shape index (κ2) is 7.57. The van der Waals surface area contributed by atoms with Gasteiger partial charge in [-0.3, -0.25) is 4.79 Å². The van der Waals surface area contributed by atoms with Crippen LogP contribution >= 0.6 is 0 Å². The van der Waals surface area contributed by atoms with Crippen LogP contribution in [0, 0.1) is 0 Å². The van der Waals surface area contributed by atoms with Gasteiger partial charge in [0.05, 0.1) is 11.0 Å². The first-order valence-electron chi connectivity index (χ1n) is 8.51. The molecule has 0 unspecified atom stereocenters. The van der Waals surface area contributed by atoms with E-state index in [0.717, 1.165) is 5.69 Å². The lowest BCUT2D eigenvalue weighted by molar-refractivity contribution is 0.0993. The zero-order chi connectivity index (χ0) is 18.7. The van der Waals surface area contributed by atoms with E-state index in [2.05, 4.69) is 0 Å². The molecule has 0 bridgehead atoms. The molecule has 1 fully saturated rings. The molecule has 7 heteroatoms. The van der Waals surface area contributed by atoms with Gasteiger partial charge in [0.1, 0.15) is 0 Å². The monoisotopic (exact) mass is 374 g/mol. The minimum Gasteiger partial charge on any atom is -0.392 e. The molecular formula is C19H22N2O4S. The van der Waals surface area contributed by atoms with Crippen LogP contribution in [-0.4, -0.2) is 50.0 Å². The quantitative estimate of drug-likeness (QED) is 0.889. The summed E-state index contributed by atoms with van der Waals surface area (Å²) in [6, 6.07) is 15.2. The smallest absolute Gasteiger partial charge is 0.258 e. The average Bonchev–Trinajstić information content (AvgIpc) is 2.67. The largest absolute Gasteiger partial charge is 0.392 e. The Hall–Kier alpha value is -2.22. The van der Waals surface area contributed by atoms with E-state index in [1.807, 2.05) is 30.3 Å². The third-order valence-electron chi connectivity index (χ3n) is 4.55. The molecule has 3 rings (SSSR count). The number of hydrogen-bond acceptors (Lipinski definition) is 4. The van der Waals surface area contributed by atoms with E-state index in [-0.39, 0.29) is 17.3 Å². The number of amides is 1. The van der Waals surface area contributed by atoms with Crippen molar-refractivity contribution < 1.29 is 18.3 Å². The molecule has 2 aromatic rings. The minimum absolute atomic E-state index is 0.111. The number of aliphatic hydroxyl groups excluding tert-OH is 1. The maximum absolute atomic E-state index is 12.7. The van der Waals surface area contributed by atoms with Crippen molar-refractivity contribution in [2.24, 2.45) is 0 Å². The summed E-state index contributed by atoms with van der Waals surface area (Å²) in [6.45, 7) is 0.510. The van der Waals surface area contributed by atoms with Crippen LogP contribution in [0.25, 0.3) is 0 Å². The molecule has 0 radical (unpaired) electrons. The van der Waals surface area contributed by atoms with Crippen LogP contribution in [0.3, 0.4) is 0 Å². The number of carbonyl (C=O) groups excluding carboxylic acids is 1. The number of carbonyl (C=O) groups is 1. The Bertz CT molecular complexity index is 866. The SMILES string of the molecule is CN(C(=O)c1ccc(S(=O)(=O)N2CCC[C@@H](O)C2)cc1)c1ccccc1. The van der Waals surface area contributed by atoms with Gasteiger partial charge in [-0.15, -0.1) is 0 Å². The number of sulfonamides is 1. The highest BCUT2D eigenvalue weighted by atomic mass is 32.2. The van der Waals surface area contributed by atoms with Crippen molar-refractivity contribution in [2.75, 3.05) is 25.0 Å². The number of piperidine rings is 1. The lowest BCUT2D eigenvalue weighted by Crippen LogP contribution is -2.42. The van der Waals surface area contributed by atoms with E-state index in [9.17, 15) is 18.3 Å². The van der Waals surface area contributed by atoms with Crippen molar-refractivity contribution in [3.8, 4) is 0 Å². The molecule has 1 saturated heterocycles. The number of rotatable bonds is 4. The summed E-state index contributed by atoms with van der Waals surface area (Å²) in [4.78, 5) is 14.2. The maximum Gasteiger partial charge on any atom is 0.258 e. The molecule has 0 saturated carbocycles. The summed E-state index contributed by atoms with van der Waals surface area (Å²) in [5.41, 5.74) is 1.17. The zero-order valence-corrected chi connectivity index (χ0v) is 15.4. The van der Waals surface area contributed by atoms with E-state index < -0.39 is 16.1 Å². The molecule has 6 nitrogen and oxygen atoms in total. The van der Waals surface area contributed by atoms with E-state index in [1.165, 1.54) is 33.5 Å². The van der Waals surface area contributed by atoms with E-state index in [4.69, 9.17) is 0 Å². The minimum atomic E-state index is -3.66. The lowest BCUT2D eigenvalue weighted by atomic mass is 10.1. The fourth-order valence-corrected chi connectivity index (χ4v) is 4.54. The molecule has 0 aromatic heterocycles. The van der Waals surface area contributed by atoms with Gasteiger partial charge in [0.15, 0.2) is 0 Å². The predicted octanol–water partition coefficient (Wildman–Crippen LogP) is 2.11. The first kappa shape index (κ1) is 18.6. The first-order chi connectivity index (χ1) is 12.4. The van der Waals surface area contributed by atoms with Crippen molar-refractivity contribution in [1.82, 2.24) is 4.31 Å². The maximum atomic E-state index is 12.7. The molecule has 2 aromatic carbocycles. The van der Waals surface area contributed by atoms with E-state index in [0.29, 0.717) is 24.9 Å². The van der Waals surface area contributed by atoms with Crippen LogP contribution in [-0.2, 0) is 10.0 Å². The normalized spacial score (nSPS) is 18.5. The van der Waals surface area contributed by atoms with Gasteiger partial charge in [0.2, 0.25) is 10.0 Å². The average molecular weight is 374 g/mol. The molecule has 1 aliphatic rings. The number of benzene rings is 2. The van der Waals surface area contributed by atoms with Gasteiger partial charge in [-0.1, -0.05) is 18.2 Å². The standard InChI is InChI=1S/C19H22N2O4S/c1-20(16-6-3-2-4-7-16)19(23)15-9-11-18(12-10-15)26(24,25)21-13-5-8-17(22)14-21/h2-4,6-7,9-12,17,22H,5,8,13-14H2,1H3/t17-/m1/s1. The highest BCUT2D eigenvalue weighted by Crippen LogP contribution is 2.22. The van der Waals surface area contributed by atoms with Crippen molar-refractivity contribution in [2.45, 2.75) is 23.8 Å². The van der Waals surface area contributed by atoms with Crippen LogP contribution in [0.2, 0.25) is 0 Å². The van der Waals surface area contributed by atoms with Crippen molar-refractivity contribution in [3.63, 3.8) is 0 Å². The van der Waals surface area contributed by atoms with Crippen LogP contribution in [0.5, 0.6) is 0 Å². The molecular weight excluding hydrogens is 352 g/mol. The van der Waals surface area contributed by atoms with Crippen LogP contribution in [0.15, 0.2) is 59.5 Å². The summed E-state index contributed by atoms with van der Waals surface area (Å²) in [5, 5.41) is 9.72. The lowest BCUT2D eigenvalue weighted by Gasteiger charge is -2.29. The molecule has 0 aliphatic carbocycles. The van der Waals surface area contributed by atoms with E-state index >= 15 is 0 Å². The fraction of sp³-hybridized carbons (Fsp3) is 0.316. The fourth-order valence-electron chi connectivity index (χ4n) is 3.02. The zero-order valence-electron chi connectivity index (χ0n) is 14.6. The second-order valence-electron chi connectivity index (χ2n) is 6.38.